The largest absolute Gasteiger partial charge is 0.343 e. The number of urea groups is 1. The molecule has 34 heavy (non-hydrogen) atoms. The highest BCUT2D eigenvalue weighted by Gasteiger charge is 2.58. The van der Waals surface area contributed by atoms with Gasteiger partial charge < -0.3 is 10.2 Å². The fraction of sp³-hybridized carbons (Fsp3) is 0.538. The molecule has 1 N–H and O–H groups in total. The molecular weight excluding hydrogens is 448 g/mol. The van der Waals surface area contributed by atoms with Gasteiger partial charge in [-0.05, 0) is 61.6 Å². The molecule has 4 amide bonds. The van der Waals surface area contributed by atoms with Gasteiger partial charge in [0, 0.05) is 43.0 Å². The van der Waals surface area contributed by atoms with E-state index in [2.05, 4.69) is 10.3 Å². The van der Waals surface area contributed by atoms with Gasteiger partial charge in [-0.3, -0.25) is 19.5 Å². The summed E-state index contributed by atoms with van der Waals surface area (Å²) < 4.78 is 0. The summed E-state index contributed by atoms with van der Waals surface area (Å²) in [6, 6.07) is 9.15. The maximum absolute atomic E-state index is 13.9. The van der Waals surface area contributed by atoms with Gasteiger partial charge in [-0.25, -0.2) is 4.79 Å². The van der Waals surface area contributed by atoms with Crippen molar-refractivity contribution in [2.24, 2.45) is 11.8 Å². The van der Waals surface area contributed by atoms with Crippen LogP contribution in [0.15, 0.2) is 41.9 Å². The average Bonchev–Trinajstić information content (AvgIpc) is 3.61. The first kappa shape index (κ1) is 23.0. The SMILES string of the molecule is O=C(CC1CCCC1)N1CCC([C@]2(c3ccccn3)NC(=O)N(CCc3cccs3)C2=O)CC1. The smallest absolute Gasteiger partial charge is 0.325 e. The minimum absolute atomic E-state index is 0.110. The van der Waals surface area contributed by atoms with Gasteiger partial charge >= 0.3 is 6.03 Å². The van der Waals surface area contributed by atoms with Crippen molar-refractivity contribution in [3.8, 4) is 0 Å². The third-order valence-corrected chi connectivity index (χ3v) is 8.70. The number of nitrogens with one attached hydrogen (secondary N) is 1. The molecular formula is C26H32N4O3S. The Balaban J connectivity index is 1.32. The number of hydrogen-bond acceptors (Lipinski definition) is 5. The molecule has 0 radical (unpaired) electrons. The first-order valence-electron chi connectivity index (χ1n) is 12.4. The van der Waals surface area contributed by atoms with Crippen molar-refractivity contribution in [3.63, 3.8) is 0 Å². The van der Waals surface area contributed by atoms with Crippen molar-refractivity contribution in [2.45, 2.75) is 56.9 Å². The van der Waals surface area contributed by atoms with E-state index in [9.17, 15) is 14.4 Å². The van der Waals surface area contributed by atoms with Crippen molar-refractivity contribution >= 4 is 29.2 Å². The number of thiophene rings is 1. The van der Waals surface area contributed by atoms with Crippen molar-refractivity contribution in [1.29, 1.82) is 0 Å². The van der Waals surface area contributed by atoms with Crippen LogP contribution in [0, 0.1) is 11.8 Å². The van der Waals surface area contributed by atoms with Crippen molar-refractivity contribution < 1.29 is 14.4 Å². The highest BCUT2D eigenvalue weighted by Crippen LogP contribution is 2.41. The first-order chi connectivity index (χ1) is 16.6. The molecule has 0 spiro atoms. The molecule has 1 atom stereocenters. The predicted octanol–water partition coefficient (Wildman–Crippen LogP) is 3.95. The van der Waals surface area contributed by atoms with E-state index >= 15 is 0 Å². The first-order valence-corrected chi connectivity index (χ1v) is 13.3. The van der Waals surface area contributed by atoms with Gasteiger partial charge in [0.2, 0.25) is 5.91 Å². The lowest BCUT2D eigenvalue weighted by Gasteiger charge is -2.40. The molecule has 180 valence electrons. The average molecular weight is 481 g/mol. The van der Waals surface area contributed by atoms with Gasteiger partial charge in [0.15, 0.2) is 5.54 Å². The Morgan fingerprint density at radius 3 is 2.56 bits per heavy atom. The van der Waals surface area contributed by atoms with E-state index in [1.165, 1.54) is 17.7 Å². The maximum atomic E-state index is 13.9. The molecule has 2 aliphatic heterocycles. The van der Waals surface area contributed by atoms with E-state index in [0.29, 0.717) is 56.9 Å². The molecule has 4 heterocycles. The summed E-state index contributed by atoms with van der Waals surface area (Å²) in [4.78, 5) is 48.8. The monoisotopic (exact) mass is 480 g/mol. The number of aromatic nitrogens is 1. The number of pyridine rings is 1. The Morgan fingerprint density at radius 1 is 1.09 bits per heavy atom. The Hall–Kier alpha value is -2.74. The van der Waals surface area contributed by atoms with E-state index in [4.69, 9.17) is 0 Å². The molecule has 0 bridgehead atoms. The summed E-state index contributed by atoms with van der Waals surface area (Å²) in [6.45, 7) is 1.57. The van der Waals surface area contributed by atoms with Crippen LogP contribution in [0.2, 0.25) is 0 Å². The minimum atomic E-state index is -1.17. The molecule has 2 saturated heterocycles. The zero-order valence-electron chi connectivity index (χ0n) is 19.4. The summed E-state index contributed by atoms with van der Waals surface area (Å²) in [6.07, 6.45) is 9.07. The fourth-order valence-electron chi connectivity index (χ4n) is 5.88. The molecule has 2 aromatic heterocycles. The van der Waals surface area contributed by atoms with Crippen LogP contribution in [0.3, 0.4) is 0 Å². The van der Waals surface area contributed by atoms with Crippen molar-refractivity contribution in [1.82, 2.24) is 20.1 Å². The quantitative estimate of drug-likeness (QED) is 0.609. The molecule has 0 aromatic carbocycles. The predicted molar refractivity (Wildman–Crippen MR) is 130 cm³/mol. The van der Waals surface area contributed by atoms with Crippen LogP contribution in [0.1, 0.15) is 55.5 Å². The zero-order valence-corrected chi connectivity index (χ0v) is 20.3. The second-order valence-electron chi connectivity index (χ2n) is 9.75. The number of nitrogens with zero attached hydrogens (tertiary/aromatic N) is 3. The number of rotatable bonds is 7. The summed E-state index contributed by atoms with van der Waals surface area (Å²) in [7, 11) is 0. The molecule has 1 saturated carbocycles. The lowest BCUT2D eigenvalue weighted by Crippen LogP contribution is -2.54. The summed E-state index contributed by atoms with van der Waals surface area (Å²) >= 11 is 1.63. The highest BCUT2D eigenvalue weighted by atomic mass is 32.1. The van der Waals surface area contributed by atoms with Crippen LogP contribution in [0.5, 0.6) is 0 Å². The van der Waals surface area contributed by atoms with Crippen LogP contribution in [-0.4, -0.2) is 52.3 Å². The van der Waals surface area contributed by atoms with Gasteiger partial charge in [-0.2, -0.15) is 0 Å². The van der Waals surface area contributed by atoms with E-state index in [-0.39, 0.29) is 23.8 Å². The molecule has 5 rings (SSSR count). The van der Waals surface area contributed by atoms with E-state index in [0.717, 1.165) is 17.7 Å². The number of piperidine rings is 1. The number of likely N-dealkylation sites (tertiary alicyclic amines) is 1. The van der Waals surface area contributed by atoms with Gasteiger partial charge in [-0.15, -0.1) is 11.3 Å². The Morgan fingerprint density at radius 2 is 1.88 bits per heavy atom. The van der Waals surface area contributed by atoms with Gasteiger partial charge in [0.25, 0.3) is 5.91 Å². The van der Waals surface area contributed by atoms with Crippen molar-refractivity contribution in [3.05, 3.63) is 52.5 Å². The van der Waals surface area contributed by atoms with E-state index in [1.54, 1.807) is 17.5 Å². The number of hydrogen-bond donors (Lipinski definition) is 1. The minimum Gasteiger partial charge on any atom is -0.343 e. The van der Waals surface area contributed by atoms with Crippen molar-refractivity contribution in [2.75, 3.05) is 19.6 Å². The Bertz CT molecular complexity index is 1010. The normalized spacial score (nSPS) is 24.1. The molecule has 8 heteroatoms. The summed E-state index contributed by atoms with van der Waals surface area (Å²) in [5, 5.41) is 5.06. The highest BCUT2D eigenvalue weighted by molar-refractivity contribution is 7.09. The molecule has 3 aliphatic rings. The van der Waals surface area contributed by atoms with Crippen LogP contribution in [0.25, 0.3) is 0 Å². The van der Waals surface area contributed by atoms with Crippen LogP contribution < -0.4 is 5.32 Å². The summed E-state index contributed by atoms with van der Waals surface area (Å²) in [5.41, 5.74) is -0.586. The second-order valence-corrected chi connectivity index (χ2v) is 10.8. The van der Waals surface area contributed by atoms with Crippen LogP contribution in [-0.2, 0) is 21.5 Å². The molecule has 2 aromatic rings. The van der Waals surface area contributed by atoms with E-state index in [1.807, 2.05) is 40.6 Å². The Kier molecular flexibility index (Phi) is 6.68. The van der Waals surface area contributed by atoms with Crippen LogP contribution in [0.4, 0.5) is 4.79 Å². The topological polar surface area (TPSA) is 82.6 Å². The van der Waals surface area contributed by atoms with E-state index < -0.39 is 5.54 Å². The van der Waals surface area contributed by atoms with Gasteiger partial charge in [-0.1, -0.05) is 25.0 Å². The van der Waals surface area contributed by atoms with Gasteiger partial charge in [0.1, 0.15) is 0 Å². The molecule has 0 unspecified atom stereocenters. The number of amides is 4. The number of imide groups is 1. The third kappa shape index (κ3) is 4.35. The number of carbonyl (C=O) groups is 3. The standard InChI is InChI=1S/C26H32N4O3S/c31-23(18-19-6-1-2-7-19)29-14-10-20(11-15-29)26(22-9-3-4-13-27-22)24(32)30(25(33)28-26)16-12-21-8-5-17-34-21/h3-5,8-9,13,17,19-20H,1-2,6-7,10-12,14-16,18H2,(H,28,33)/t26-/m1/s1. The Labute approximate surface area is 204 Å². The maximum Gasteiger partial charge on any atom is 0.325 e. The lowest BCUT2D eigenvalue weighted by molar-refractivity contribution is -0.137. The fourth-order valence-corrected chi connectivity index (χ4v) is 6.58. The van der Waals surface area contributed by atoms with Crippen LogP contribution >= 0.6 is 11.3 Å². The third-order valence-electron chi connectivity index (χ3n) is 7.76. The molecule has 1 aliphatic carbocycles. The zero-order chi connectivity index (χ0) is 23.5. The van der Waals surface area contributed by atoms with Gasteiger partial charge in [0.05, 0.1) is 5.69 Å². The number of carbonyl (C=O) groups excluding carboxylic acids is 3. The molecule has 3 fully saturated rings. The second kappa shape index (κ2) is 9.86. The summed E-state index contributed by atoms with van der Waals surface area (Å²) in [5.74, 6) is 0.430. The molecule has 7 nitrogen and oxygen atoms in total. The lowest BCUT2D eigenvalue weighted by atomic mass is 9.75.